The molecule has 40 heavy (non-hydrogen) atoms. The summed E-state index contributed by atoms with van der Waals surface area (Å²) in [5.74, 6) is 1.76. The zero-order valence-corrected chi connectivity index (χ0v) is 23.8. The summed E-state index contributed by atoms with van der Waals surface area (Å²) >= 11 is 1.83. The minimum absolute atomic E-state index is 0.450. The molecule has 2 saturated heterocycles. The molecule has 4 aromatic heterocycles. The van der Waals surface area contributed by atoms with Crippen LogP contribution in [0.2, 0.25) is 0 Å². The van der Waals surface area contributed by atoms with E-state index in [0.29, 0.717) is 12.1 Å². The Morgan fingerprint density at radius 1 is 1.00 bits per heavy atom. The van der Waals surface area contributed by atoms with Gasteiger partial charge in [0.25, 0.3) is 0 Å². The summed E-state index contributed by atoms with van der Waals surface area (Å²) in [6.07, 6.45) is 3.75. The molecule has 0 bridgehead atoms. The number of piperazine rings is 1. The predicted molar refractivity (Wildman–Crippen MR) is 160 cm³/mol. The van der Waals surface area contributed by atoms with Crippen molar-refractivity contribution in [3.63, 3.8) is 0 Å². The third-order valence-corrected chi connectivity index (χ3v) is 9.17. The van der Waals surface area contributed by atoms with Crippen LogP contribution in [0.5, 0.6) is 0 Å². The number of thiophene rings is 1. The highest BCUT2D eigenvalue weighted by molar-refractivity contribution is 7.19. The Hall–Kier alpha value is -3.44. The number of morpholine rings is 1. The minimum Gasteiger partial charge on any atom is -0.378 e. The first kappa shape index (κ1) is 25.5. The molecule has 2 unspecified atom stereocenters. The molecule has 10 heteroatoms. The highest BCUT2D eigenvalue weighted by Gasteiger charge is 2.30. The number of fused-ring (bicyclic) bond motifs is 2. The molecule has 1 N–H and O–H groups in total. The lowest BCUT2D eigenvalue weighted by Gasteiger charge is -2.44. The maximum absolute atomic E-state index is 5.66. The topological polar surface area (TPSA) is 86.3 Å². The number of aromatic amines is 1. The first-order valence-electron chi connectivity index (χ1n) is 14.1. The minimum atomic E-state index is 0.450. The van der Waals surface area contributed by atoms with Crippen LogP contribution in [0.25, 0.3) is 32.5 Å². The fourth-order valence-electron chi connectivity index (χ4n) is 6.12. The maximum Gasteiger partial charge on any atom is 0.162 e. The van der Waals surface area contributed by atoms with Crippen LogP contribution in [0.15, 0.2) is 54.9 Å². The van der Waals surface area contributed by atoms with Gasteiger partial charge in [-0.1, -0.05) is 18.2 Å². The fourth-order valence-corrected chi connectivity index (χ4v) is 7.28. The van der Waals surface area contributed by atoms with Gasteiger partial charge in [-0.2, -0.15) is 5.10 Å². The molecule has 2 aliphatic rings. The van der Waals surface area contributed by atoms with E-state index in [1.807, 2.05) is 41.9 Å². The van der Waals surface area contributed by atoms with E-state index in [2.05, 4.69) is 68.0 Å². The molecule has 7 rings (SSSR count). The molecule has 5 aromatic rings. The van der Waals surface area contributed by atoms with E-state index in [4.69, 9.17) is 14.7 Å². The number of hydrogen-bond donors (Lipinski definition) is 1. The van der Waals surface area contributed by atoms with Crippen LogP contribution < -0.4 is 4.90 Å². The van der Waals surface area contributed by atoms with Gasteiger partial charge in [0.15, 0.2) is 11.6 Å². The number of ether oxygens (including phenoxy) is 1. The summed E-state index contributed by atoms with van der Waals surface area (Å²) < 4.78 is 6.82. The van der Waals surface area contributed by atoms with Crippen molar-refractivity contribution in [2.45, 2.75) is 39.0 Å². The summed E-state index contributed by atoms with van der Waals surface area (Å²) in [4.78, 5) is 23.7. The molecule has 9 nitrogen and oxygen atoms in total. The second-order valence-electron chi connectivity index (χ2n) is 10.9. The lowest BCUT2D eigenvalue weighted by atomic mass is 10.1. The number of nitrogens with one attached hydrogen (secondary N) is 1. The molecule has 2 atom stereocenters. The van der Waals surface area contributed by atoms with Gasteiger partial charge in [-0.3, -0.25) is 19.9 Å². The van der Waals surface area contributed by atoms with Crippen LogP contribution in [0.4, 0.5) is 5.82 Å². The summed E-state index contributed by atoms with van der Waals surface area (Å²) in [7, 11) is 0. The second-order valence-corrected chi connectivity index (χ2v) is 12.1. The number of anilines is 1. The Morgan fingerprint density at radius 2 is 1.85 bits per heavy atom. The maximum atomic E-state index is 5.66. The molecule has 0 amide bonds. The number of pyridine rings is 1. The summed E-state index contributed by atoms with van der Waals surface area (Å²) in [6, 6.07) is 15.5. The monoisotopic (exact) mass is 554 g/mol. The van der Waals surface area contributed by atoms with Crippen LogP contribution in [0, 0.1) is 0 Å². The normalized spacial score (nSPS) is 21.0. The Bertz CT molecular complexity index is 1600. The van der Waals surface area contributed by atoms with Crippen molar-refractivity contribution in [2.24, 2.45) is 0 Å². The average molecular weight is 555 g/mol. The lowest BCUT2D eigenvalue weighted by Crippen LogP contribution is -2.55. The van der Waals surface area contributed by atoms with E-state index < -0.39 is 0 Å². The number of H-pyrrole nitrogens is 1. The summed E-state index contributed by atoms with van der Waals surface area (Å²) in [5, 5.41) is 8.37. The zero-order valence-electron chi connectivity index (χ0n) is 23.0. The molecule has 0 radical (unpaired) electrons. The zero-order chi connectivity index (χ0) is 27.1. The first-order chi connectivity index (χ1) is 19.6. The summed E-state index contributed by atoms with van der Waals surface area (Å²) in [5.41, 5.74) is 4.14. The summed E-state index contributed by atoms with van der Waals surface area (Å²) in [6.45, 7) is 11.6. The van der Waals surface area contributed by atoms with Crippen molar-refractivity contribution in [3.05, 3.63) is 65.4 Å². The Kier molecular flexibility index (Phi) is 6.92. The molecule has 206 valence electrons. The Labute approximate surface area is 237 Å². The molecule has 1 aromatic carbocycles. The van der Waals surface area contributed by atoms with Gasteiger partial charge in [0.05, 0.1) is 40.8 Å². The van der Waals surface area contributed by atoms with E-state index in [1.54, 1.807) is 0 Å². The number of benzene rings is 1. The lowest BCUT2D eigenvalue weighted by molar-refractivity contribution is 0.0286. The van der Waals surface area contributed by atoms with Gasteiger partial charge in [-0.15, -0.1) is 11.3 Å². The number of hydrogen-bond acceptors (Lipinski definition) is 9. The molecular weight excluding hydrogens is 520 g/mol. The third-order valence-electron chi connectivity index (χ3n) is 8.07. The first-order valence-corrected chi connectivity index (χ1v) is 14.9. The number of rotatable bonds is 6. The van der Waals surface area contributed by atoms with Gasteiger partial charge in [-0.05, 0) is 38.1 Å². The smallest absolute Gasteiger partial charge is 0.162 e. The quantitative estimate of drug-likeness (QED) is 0.327. The van der Waals surface area contributed by atoms with Crippen molar-refractivity contribution < 1.29 is 4.74 Å². The highest BCUT2D eigenvalue weighted by Crippen LogP contribution is 2.36. The van der Waals surface area contributed by atoms with Crippen LogP contribution in [0.1, 0.15) is 24.4 Å². The van der Waals surface area contributed by atoms with Crippen LogP contribution in [-0.4, -0.2) is 86.4 Å². The van der Waals surface area contributed by atoms with Crippen molar-refractivity contribution in [1.82, 2.24) is 34.9 Å². The highest BCUT2D eigenvalue weighted by atomic mass is 32.1. The van der Waals surface area contributed by atoms with Crippen LogP contribution >= 0.6 is 11.3 Å². The van der Waals surface area contributed by atoms with Gasteiger partial charge < -0.3 is 9.64 Å². The average Bonchev–Trinajstić information content (AvgIpc) is 3.62. The molecule has 0 saturated carbocycles. The number of aromatic nitrogens is 5. The predicted octanol–water partition coefficient (Wildman–Crippen LogP) is 4.56. The van der Waals surface area contributed by atoms with Crippen LogP contribution in [-0.2, 0) is 17.8 Å². The third kappa shape index (κ3) is 4.96. The van der Waals surface area contributed by atoms with Crippen molar-refractivity contribution >= 4 is 38.3 Å². The van der Waals surface area contributed by atoms with E-state index in [-0.39, 0.29) is 0 Å². The van der Waals surface area contributed by atoms with Gasteiger partial charge in [0, 0.05) is 73.4 Å². The molecule has 0 aliphatic carbocycles. The Morgan fingerprint density at radius 3 is 2.65 bits per heavy atom. The fraction of sp³-hybridized carbons (Fsp3) is 0.400. The largest absolute Gasteiger partial charge is 0.378 e. The van der Waals surface area contributed by atoms with E-state index >= 15 is 0 Å². The van der Waals surface area contributed by atoms with Crippen molar-refractivity contribution in [2.75, 3.05) is 44.3 Å². The molecule has 2 aliphatic heterocycles. The van der Waals surface area contributed by atoms with Gasteiger partial charge >= 0.3 is 0 Å². The van der Waals surface area contributed by atoms with E-state index in [0.717, 1.165) is 96.5 Å². The Balaban J connectivity index is 1.18. The van der Waals surface area contributed by atoms with Gasteiger partial charge in [-0.25, -0.2) is 9.97 Å². The van der Waals surface area contributed by atoms with Crippen molar-refractivity contribution in [3.8, 4) is 11.4 Å². The van der Waals surface area contributed by atoms with Crippen molar-refractivity contribution in [1.29, 1.82) is 0 Å². The molecule has 2 fully saturated rings. The molecular formula is C30H34N8OS. The molecule has 6 heterocycles. The van der Waals surface area contributed by atoms with E-state index in [9.17, 15) is 0 Å². The van der Waals surface area contributed by atoms with E-state index in [1.165, 1.54) is 4.88 Å². The second kappa shape index (κ2) is 10.9. The van der Waals surface area contributed by atoms with Gasteiger partial charge in [0.2, 0.25) is 0 Å². The SMILES string of the molecule is CC1CN(Cc2cc3nc(-c4cccc5[nH]ncc45)nc(N4CCOCC4)c3s2)CC(C)N1Cc1ccccn1. The molecule has 0 spiro atoms. The standard InChI is InChI=1S/C30H34N8OS/c1-20-16-36(17-21(2)38(20)18-22-6-3-4-9-31-22)19-23-14-27-28(40-23)30(37-10-12-39-13-11-37)34-29(33-27)24-7-5-8-26-25(24)15-32-35-26/h3-9,14-15,20-21H,10-13,16-19H2,1-2H3,(H,32,35). The van der Waals surface area contributed by atoms with Crippen LogP contribution in [0.3, 0.4) is 0 Å². The number of nitrogens with zero attached hydrogens (tertiary/aromatic N) is 7. The van der Waals surface area contributed by atoms with Gasteiger partial charge in [0.1, 0.15) is 0 Å².